The quantitative estimate of drug-likeness (QED) is 0.881. The lowest BCUT2D eigenvalue weighted by molar-refractivity contribution is 0.545. The third-order valence-electron chi connectivity index (χ3n) is 3.17. The van der Waals surface area contributed by atoms with E-state index in [1.165, 1.54) is 32.0 Å². The van der Waals surface area contributed by atoms with Gasteiger partial charge in [0.25, 0.3) is 0 Å². The Labute approximate surface area is 101 Å². The van der Waals surface area contributed by atoms with Crippen LogP contribution in [0.3, 0.4) is 0 Å². The Bertz CT molecular complexity index is 363. The zero-order valence-corrected chi connectivity index (χ0v) is 10.2. The lowest BCUT2D eigenvalue weighted by Crippen LogP contribution is -2.25. The predicted molar refractivity (Wildman–Crippen MR) is 66.7 cm³/mol. The van der Waals surface area contributed by atoms with E-state index in [4.69, 9.17) is 17.3 Å². The maximum atomic E-state index is 6.08. The number of rotatable bonds is 3. The van der Waals surface area contributed by atoms with Gasteiger partial charge in [0.15, 0.2) is 5.82 Å². The van der Waals surface area contributed by atoms with Crippen molar-refractivity contribution in [1.29, 1.82) is 0 Å². The Balaban J connectivity index is 2.07. The molecular weight excluding hydrogens is 224 g/mol. The molecule has 0 bridgehead atoms. The largest absolute Gasteiger partial charge is 0.382 e. The number of nitrogens with zero attached hydrogens (tertiary/aromatic N) is 3. The number of hydrogen-bond acceptors (Lipinski definition) is 4. The summed E-state index contributed by atoms with van der Waals surface area (Å²) in [5.41, 5.74) is 5.66. The van der Waals surface area contributed by atoms with Crippen molar-refractivity contribution in [2.75, 3.05) is 24.2 Å². The fourth-order valence-corrected chi connectivity index (χ4v) is 2.55. The number of hydrogen-bond donors (Lipinski definition) is 1. The van der Waals surface area contributed by atoms with Crippen LogP contribution in [-0.4, -0.2) is 23.6 Å². The summed E-state index contributed by atoms with van der Waals surface area (Å²) in [7, 11) is 2.01. The standard InChI is InChI=1S/C11H17ClN4/c1-16(6-8-4-2-3-5-8)11-9(12)10(13)14-7-15-11/h7-8H,2-6H2,1H3,(H2,13,14,15). The van der Waals surface area contributed by atoms with Crippen LogP contribution in [-0.2, 0) is 0 Å². The summed E-state index contributed by atoms with van der Waals surface area (Å²) in [4.78, 5) is 10.1. The van der Waals surface area contributed by atoms with E-state index in [-0.39, 0.29) is 0 Å². The smallest absolute Gasteiger partial charge is 0.152 e. The van der Waals surface area contributed by atoms with Crippen LogP contribution in [0.2, 0.25) is 5.02 Å². The highest BCUT2D eigenvalue weighted by atomic mass is 35.5. The van der Waals surface area contributed by atoms with Gasteiger partial charge in [-0.05, 0) is 18.8 Å². The van der Waals surface area contributed by atoms with Gasteiger partial charge in [-0.25, -0.2) is 9.97 Å². The monoisotopic (exact) mass is 240 g/mol. The summed E-state index contributed by atoms with van der Waals surface area (Å²) in [5, 5.41) is 0.461. The molecule has 1 heterocycles. The minimum absolute atomic E-state index is 0.352. The fraction of sp³-hybridized carbons (Fsp3) is 0.636. The topological polar surface area (TPSA) is 55.0 Å². The Hall–Kier alpha value is -1.03. The van der Waals surface area contributed by atoms with E-state index in [1.54, 1.807) is 0 Å². The van der Waals surface area contributed by atoms with Crippen LogP contribution < -0.4 is 10.6 Å². The van der Waals surface area contributed by atoms with Gasteiger partial charge < -0.3 is 10.6 Å². The van der Waals surface area contributed by atoms with Crippen molar-refractivity contribution < 1.29 is 0 Å². The second-order valence-electron chi connectivity index (χ2n) is 4.43. The molecule has 88 valence electrons. The number of aromatic nitrogens is 2. The highest BCUT2D eigenvalue weighted by molar-refractivity contribution is 6.35. The van der Waals surface area contributed by atoms with Crippen LogP contribution in [0.15, 0.2) is 6.33 Å². The van der Waals surface area contributed by atoms with Gasteiger partial charge in [-0.3, -0.25) is 0 Å². The van der Waals surface area contributed by atoms with Crippen LogP contribution in [0, 0.1) is 5.92 Å². The summed E-state index contributed by atoms with van der Waals surface area (Å²) in [6.45, 7) is 0.996. The average Bonchev–Trinajstić information content (AvgIpc) is 2.74. The maximum absolute atomic E-state index is 6.08. The van der Waals surface area contributed by atoms with Crippen molar-refractivity contribution in [1.82, 2.24) is 9.97 Å². The summed E-state index contributed by atoms with van der Waals surface area (Å²) in [6.07, 6.45) is 6.77. The first-order valence-electron chi connectivity index (χ1n) is 5.65. The second-order valence-corrected chi connectivity index (χ2v) is 4.81. The lowest BCUT2D eigenvalue weighted by Gasteiger charge is -2.22. The molecule has 0 saturated heterocycles. The normalized spacial score (nSPS) is 16.6. The molecule has 2 rings (SSSR count). The molecule has 0 aromatic carbocycles. The number of nitrogens with two attached hydrogens (primary N) is 1. The van der Waals surface area contributed by atoms with E-state index in [2.05, 4.69) is 14.9 Å². The number of nitrogen functional groups attached to an aromatic ring is 1. The highest BCUT2D eigenvalue weighted by Gasteiger charge is 2.19. The van der Waals surface area contributed by atoms with Crippen LogP contribution in [0.5, 0.6) is 0 Å². The molecule has 0 aliphatic heterocycles. The molecule has 0 unspecified atom stereocenters. The summed E-state index contributed by atoms with van der Waals surface area (Å²) in [6, 6.07) is 0. The van der Waals surface area contributed by atoms with Crippen molar-refractivity contribution in [3.63, 3.8) is 0 Å². The molecule has 0 amide bonds. The highest BCUT2D eigenvalue weighted by Crippen LogP contribution is 2.30. The van der Waals surface area contributed by atoms with Gasteiger partial charge in [0.05, 0.1) is 0 Å². The molecule has 1 aliphatic rings. The summed E-state index contributed by atoms with van der Waals surface area (Å²) >= 11 is 6.08. The molecule has 0 atom stereocenters. The van der Waals surface area contributed by atoms with Crippen molar-refractivity contribution >= 4 is 23.2 Å². The van der Waals surface area contributed by atoms with E-state index in [0.717, 1.165) is 18.3 Å². The van der Waals surface area contributed by atoms with E-state index in [0.29, 0.717) is 10.8 Å². The molecule has 0 radical (unpaired) electrons. The Morgan fingerprint density at radius 3 is 2.81 bits per heavy atom. The SMILES string of the molecule is CN(CC1CCCC1)c1ncnc(N)c1Cl. The van der Waals surface area contributed by atoms with Crippen LogP contribution >= 0.6 is 11.6 Å². The van der Waals surface area contributed by atoms with E-state index >= 15 is 0 Å². The average molecular weight is 241 g/mol. The molecule has 1 saturated carbocycles. The van der Waals surface area contributed by atoms with Crippen molar-refractivity contribution in [2.45, 2.75) is 25.7 Å². The number of halogens is 1. The van der Waals surface area contributed by atoms with Gasteiger partial charge in [-0.15, -0.1) is 0 Å². The zero-order valence-electron chi connectivity index (χ0n) is 9.49. The van der Waals surface area contributed by atoms with Gasteiger partial charge in [0.2, 0.25) is 0 Å². The Morgan fingerprint density at radius 1 is 1.44 bits per heavy atom. The molecule has 16 heavy (non-hydrogen) atoms. The molecule has 4 nitrogen and oxygen atoms in total. The minimum atomic E-state index is 0.352. The van der Waals surface area contributed by atoms with Crippen LogP contribution in [0.25, 0.3) is 0 Å². The molecule has 1 aromatic heterocycles. The molecule has 1 aromatic rings. The van der Waals surface area contributed by atoms with Gasteiger partial charge >= 0.3 is 0 Å². The van der Waals surface area contributed by atoms with Crippen molar-refractivity contribution in [3.05, 3.63) is 11.3 Å². The van der Waals surface area contributed by atoms with E-state index < -0.39 is 0 Å². The molecular formula is C11H17ClN4. The van der Waals surface area contributed by atoms with Gasteiger partial charge in [-0.1, -0.05) is 24.4 Å². The fourth-order valence-electron chi connectivity index (χ4n) is 2.31. The summed E-state index contributed by atoms with van der Waals surface area (Å²) in [5.74, 6) is 1.85. The van der Waals surface area contributed by atoms with Gasteiger partial charge in [0, 0.05) is 13.6 Å². The third kappa shape index (κ3) is 2.38. The molecule has 0 spiro atoms. The summed E-state index contributed by atoms with van der Waals surface area (Å²) < 4.78 is 0. The predicted octanol–water partition coefficient (Wildman–Crippen LogP) is 2.34. The second kappa shape index (κ2) is 4.87. The molecule has 5 heteroatoms. The minimum Gasteiger partial charge on any atom is -0.382 e. The van der Waals surface area contributed by atoms with Crippen molar-refractivity contribution in [2.24, 2.45) is 5.92 Å². The first kappa shape index (κ1) is 11.5. The van der Waals surface area contributed by atoms with Gasteiger partial charge in [0.1, 0.15) is 17.2 Å². The molecule has 2 N–H and O–H groups in total. The molecule has 1 fully saturated rings. The first-order chi connectivity index (χ1) is 7.68. The first-order valence-corrected chi connectivity index (χ1v) is 6.03. The van der Waals surface area contributed by atoms with Crippen LogP contribution in [0.1, 0.15) is 25.7 Å². The third-order valence-corrected chi connectivity index (χ3v) is 3.53. The zero-order chi connectivity index (χ0) is 11.5. The van der Waals surface area contributed by atoms with Crippen molar-refractivity contribution in [3.8, 4) is 0 Å². The van der Waals surface area contributed by atoms with Gasteiger partial charge in [-0.2, -0.15) is 0 Å². The van der Waals surface area contributed by atoms with E-state index in [9.17, 15) is 0 Å². The lowest BCUT2D eigenvalue weighted by atomic mass is 10.1. The Morgan fingerprint density at radius 2 is 2.12 bits per heavy atom. The number of anilines is 2. The Kier molecular flexibility index (Phi) is 3.49. The maximum Gasteiger partial charge on any atom is 0.152 e. The molecule has 1 aliphatic carbocycles. The van der Waals surface area contributed by atoms with E-state index in [1.807, 2.05) is 7.05 Å². The van der Waals surface area contributed by atoms with Crippen LogP contribution in [0.4, 0.5) is 11.6 Å².